The molecule has 0 spiro atoms. The smallest absolute Gasteiger partial charge is 0.129 e. The molecule has 2 aliphatic rings. The molecule has 2 heterocycles. The van der Waals surface area contributed by atoms with E-state index in [9.17, 15) is 4.39 Å². The third-order valence-electron chi connectivity index (χ3n) is 4.61. The van der Waals surface area contributed by atoms with E-state index in [0.717, 1.165) is 18.6 Å². The van der Waals surface area contributed by atoms with Gasteiger partial charge in [0.05, 0.1) is 18.4 Å². The Morgan fingerprint density at radius 1 is 1.24 bits per heavy atom. The molecule has 0 radical (unpaired) electrons. The zero-order valence-electron chi connectivity index (χ0n) is 13.9. The fraction of sp³-hybridized carbons (Fsp3) is 0.368. The van der Waals surface area contributed by atoms with E-state index in [0.29, 0.717) is 54.0 Å². The number of alkyl halides is 1. The van der Waals surface area contributed by atoms with Gasteiger partial charge in [-0.25, -0.2) is 9.37 Å². The average molecular weight is 340 g/mol. The van der Waals surface area contributed by atoms with Crippen molar-refractivity contribution in [3.8, 4) is 5.75 Å². The second-order valence-corrected chi connectivity index (χ2v) is 6.68. The number of hydrogen-bond acceptors (Lipinski definition) is 5. The van der Waals surface area contributed by atoms with E-state index in [4.69, 9.17) is 15.9 Å². The summed E-state index contributed by atoms with van der Waals surface area (Å²) in [6.45, 7) is 1.01. The van der Waals surface area contributed by atoms with E-state index in [-0.39, 0.29) is 0 Å². The number of aromatic nitrogens is 1. The molecule has 1 aromatic carbocycles. The Morgan fingerprint density at radius 3 is 2.80 bits per heavy atom. The predicted molar refractivity (Wildman–Crippen MR) is 96.4 cm³/mol. The highest BCUT2D eigenvalue weighted by Crippen LogP contribution is 2.30. The number of pyridine rings is 1. The van der Waals surface area contributed by atoms with Crippen LogP contribution in [0.3, 0.4) is 0 Å². The van der Waals surface area contributed by atoms with E-state index >= 15 is 0 Å². The molecule has 1 unspecified atom stereocenters. The van der Waals surface area contributed by atoms with Gasteiger partial charge in [-0.3, -0.25) is 5.41 Å². The molecule has 1 atom stereocenters. The molecule has 1 saturated heterocycles. The van der Waals surface area contributed by atoms with Crippen LogP contribution in [0.2, 0.25) is 0 Å². The average Bonchev–Trinajstić information content (AvgIpc) is 3.33. The van der Waals surface area contributed by atoms with Gasteiger partial charge in [0.1, 0.15) is 17.7 Å². The van der Waals surface area contributed by atoms with Crippen LogP contribution in [0.5, 0.6) is 5.75 Å². The first-order chi connectivity index (χ1) is 12.1. The van der Waals surface area contributed by atoms with Gasteiger partial charge in [0.25, 0.3) is 0 Å². The Morgan fingerprint density at radius 2 is 2.08 bits per heavy atom. The van der Waals surface area contributed by atoms with Crippen molar-refractivity contribution in [1.82, 2.24) is 4.98 Å². The second-order valence-electron chi connectivity index (χ2n) is 6.68. The topological polar surface area (TPSA) is 75.2 Å². The molecule has 6 heteroatoms. The summed E-state index contributed by atoms with van der Waals surface area (Å²) < 4.78 is 19.3. The molecule has 130 valence electrons. The molecule has 25 heavy (non-hydrogen) atoms. The first-order valence-electron chi connectivity index (χ1n) is 8.60. The molecule has 1 aliphatic heterocycles. The van der Waals surface area contributed by atoms with Gasteiger partial charge >= 0.3 is 0 Å². The number of halogens is 1. The summed E-state index contributed by atoms with van der Waals surface area (Å²) in [5.74, 6) is 1.44. The normalized spacial score (nSPS) is 19.9. The van der Waals surface area contributed by atoms with Gasteiger partial charge in [0, 0.05) is 29.6 Å². The van der Waals surface area contributed by atoms with Crippen LogP contribution in [0.4, 0.5) is 15.9 Å². The highest BCUT2D eigenvalue weighted by atomic mass is 19.1. The molecule has 4 rings (SSSR count). The number of nitrogens with one attached hydrogen (secondary N) is 1. The standard InChI is InChI=1S/C19H21FN4O/c20-13-6-8-24(11-13)18-9-12(5-7-23-18)19(22)16-10-15(3-4-17(16)21)25-14-1-2-14/h3-5,7,9-10,13-14,22H,1-2,6,8,11,21H2. The van der Waals surface area contributed by atoms with Crippen molar-refractivity contribution in [2.24, 2.45) is 0 Å². The predicted octanol–water partition coefficient (Wildman–Crippen LogP) is 3.17. The van der Waals surface area contributed by atoms with Crippen molar-refractivity contribution < 1.29 is 9.13 Å². The Balaban J connectivity index is 1.60. The Labute approximate surface area is 146 Å². The van der Waals surface area contributed by atoms with Crippen LogP contribution in [0.25, 0.3) is 0 Å². The summed E-state index contributed by atoms with van der Waals surface area (Å²) in [5.41, 5.74) is 8.29. The molecule has 2 fully saturated rings. The summed E-state index contributed by atoms with van der Waals surface area (Å²) in [7, 11) is 0. The minimum atomic E-state index is -0.809. The Bertz CT molecular complexity index is 806. The molecule has 1 saturated carbocycles. The molecule has 2 aromatic rings. The second kappa shape index (κ2) is 6.35. The summed E-state index contributed by atoms with van der Waals surface area (Å²) in [6, 6.07) is 9.05. The fourth-order valence-corrected chi connectivity index (χ4v) is 3.03. The maximum absolute atomic E-state index is 13.4. The van der Waals surface area contributed by atoms with Crippen LogP contribution in [-0.2, 0) is 0 Å². The molecule has 1 aromatic heterocycles. The van der Waals surface area contributed by atoms with Gasteiger partial charge < -0.3 is 15.4 Å². The van der Waals surface area contributed by atoms with Crippen LogP contribution in [0.15, 0.2) is 36.5 Å². The van der Waals surface area contributed by atoms with E-state index < -0.39 is 6.17 Å². The van der Waals surface area contributed by atoms with E-state index in [1.54, 1.807) is 18.3 Å². The van der Waals surface area contributed by atoms with Crippen LogP contribution >= 0.6 is 0 Å². The van der Waals surface area contributed by atoms with E-state index in [2.05, 4.69) is 4.98 Å². The number of rotatable bonds is 5. The largest absolute Gasteiger partial charge is 0.490 e. The SMILES string of the molecule is N=C(c1ccnc(N2CCC(F)C2)c1)c1cc(OC2CC2)ccc1N. The third kappa shape index (κ3) is 3.43. The molecule has 0 bridgehead atoms. The van der Waals surface area contributed by atoms with Crippen molar-refractivity contribution in [3.05, 3.63) is 47.7 Å². The van der Waals surface area contributed by atoms with E-state index in [1.165, 1.54) is 0 Å². The van der Waals surface area contributed by atoms with Crippen molar-refractivity contribution in [2.75, 3.05) is 23.7 Å². The van der Waals surface area contributed by atoms with Crippen LogP contribution in [0.1, 0.15) is 30.4 Å². The van der Waals surface area contributed by atoms with Crippen molar-refractivity contribution in [1.29, 1.82) is 5.41 Å². The molecule has 5 nitrogen and oxygen atoms in total. The number of nitrogen functional groups attached to an aromatic ring is 1. The van der Waals surface area contributed by atoms with Gasteiger partial charge in [0.15, 0.2) is 0 Å². The zero-order valence-corrected chi connectivity index (χ0v) is 13.9. The van der Waals surface area contributed by atoms with Gasteiger partial charge in [-0.05, 0) is 49.6 Å². The molecule has 3 N–H and O–H groups in total. The first-order valence-corrected chi connectivity index (χ1v) is 8.60. The summed E-state index contributed by atoms with van der Waals surface area (Å²) >= 11 is 0. The highest BCUT2D eigenvalue weighted by molar-refractivity contribution is 6.14. The lowest BCUT2D eigenvalue weighted by Crippen LogP contribution is -2.21. The lowest BCUT2D eigenvalue weighted by Gasteiger charge is -2.17. The van der Waals surface area contributed by atoms with Gasteiger partial charge in [0.2, 0.25) is 0 Å². The maximum atomic E-state index is 13.4. The van der Waals surface area contributed by atoms with Gasteiger partial charge in [-0.15, -0.1) is 0 Å². The van der Waals surface area contributed by atoms with Crippen molar-refractivity contribution in [3.63, 3.8) is 0 Å². The van der Waals surface area contributed by atoms with Crippen LogP contribution in [-0.4, -0.2) is 36.1 Å². The minimum Gasteiger partial charge on any atom is -0.490 e. The molecular formula is C19H21FN4O. The first kappa shape index (κ1) is 15.9. The maximum Gasteiger partial charge on any atom is 0.129 e. The van der Waals surface area contributed by atoms with Crippen molar-refractivity contribution in [2.45, 2.75) is 31.5 Å². The number of benzene rings is 1. The van der Waals surface area contributed by atoms with Crippen LogP contribution < -0.4 is 15.4 Å². The number of ether oxygens (including phenoxy) is 1. The number of hydrogen-bond donors (Lipinski definition) is 2. The summed E-state index contributed by atoms with van der Waals surface area (Å²) in [5, 5.41) is 8.56. The lowest BCUT2D eigenvalue weighted by molar-refractivity contribution is 0.303. The monoisotopic (exact) mass is 340 g/mol. The zero-order chi connectivity index (χ0) is 17.4. The highest BCUT2D eigenvalue weighted by Gasteiger charge is 2.25. The van der Waals surface area contributed by atoms with Crippen LogP contribution in [0, 0.1) is 5.41 Å². The lowest BCUT2D eigenvalue weighted by atomic mass is 10.0. The van der Waals surface area contributed by atoms with Gasteiger partial charge in [-0.2, -0.15) is 0 Å². The number of anilines is 2. The number of nitrogens with zero attached hydrogens (tertiary/aromatic N) is 2. The van der Waals surface area contributed by atoms with Gasteiger partial charge in [-0.1, -0.05) is 0 Å². The molecule has 1 aliphatic carbocycles. The van der Waals surface area contributed by atoms with Crippen molar-refractivity contribution >= 4 is 17.2 Å². The number of nitrogens with two attached hydrogens (primary N) is 1. The minimum absolute atomic E-state index is 0.294. The third-order valence-corrected chi connectivity index (χ3v) is 4.61. The molecule has 0 amide bonds. The summed E-state index contributed by atoms with van der Waals surface area (Å²) in [4.78, 5) is 6.24. The summed E-state index contributed by atoms with van der Waals surface area (Å²) in [6.07, 6.45) is 3.83. The fourth-order valence-electron chi connectivity index (χ4n) is 3.03. The quantitative estimate of drug-likeness (QED) is 0.647. The Kier molecular flexibility index (Phi) is 4.03. The molecular weight excluding hydrogens is 319 g/mol. The Hall–Kier alpha value is -2.63. The van der Waals surface area contributed by atoms with E-state index in [1.807, 2.05) is 23.1 Å².